The summed E-state index contributed by atoms with van der Waals surface area (Å²) in [5.74, 6) is 0.944. The van der Waals surface area contributed by atoms with Gasteiger partial charge in [-0.2, -0.15) is 0 Å². The third-order valence-electron chi connectivity index (χ3n) is 5.13. The van der Waals surface area contributed by atoms with Crippen molar-refractivity contribution >= 4 is 41.8 Å². The van der Waals surface area contributed by atoms with Crippen LogP contribution >= 0.6 is 24.8 Å². The fourth-order valence-corrected chi connectivity index (χ4v) is 3.59. The van der Waals surface area contributed by atoms with Crippen LogP contribution in [0.15, 0.2) is 18.2 Å². The van der Waals surface area contributed by atoms with E-state index in [0.29, 0.717) is 26.0 Å². The number of fused-ring (bicyclic) bond motifs is 1. The highest BCUT2D eigenvalue weighted by Gasteiger charge is 2.32. The number of aromatic amines is 1. The van der Waals surface area contributed by atoms with Crippen LogP contribution in [0.3, 0.4) is 0 Å². The highest BCUT2D eigenvalue weighted by Crippen LogP contribution is 2.28. The number of hydrogen-bond donors (Lipinski definition) is 3. The molecule has 2 heterocycles. The van der Waals surface area contributed by atoms with Crippen LogP contribution in [0.5, 0.6) is 0 Å². The summed E-state index contributed by atoms with van der Waals surface area (Å²) in [5.41, 5.74) is 3.24. The average molecular weight is 417 g/mol. The minimum Gasteiger partial charge on any atom is -0.384 e. The van der Waals surface area contributed by atoms with Gasteiger partial charge in [-0.05, 0) is 44.5 Å². The molecule has 8 heteroatoms. The van der Waals surface area contributed by atoms with Crippen LogP contribution in [0, 0.1) is 12.3 Å². The van der Waals surface area contributed by atoms with E-state index >= 15 is 0 Å². The maximum absolute atomic E-state index is 12.3. The molecule has 1 aromatic heterocycles. The van der Waals surface area contributed by atoms with Crippen LogP contribution in [-0.4, -0.2) is 49.2 Å². The summed E-state index contributed by atoms with van der Waals surface area (Å²) in [6, 6.07) is 6.08. The van der Waals surface area contributed by atoms with E-state index < -0.39 is 0 Å². The zero-order valence-corrected chi connectivity index (χ0v) is 17.6. The summed E-state index contributed by atoms with van der Waals surface area (Å²) < 4.78 is 5.40. The first-order valence-corrected chi connectivity index (χ1v) is 9.02. The van der Waals surface area contributed by atoms with Gasteiger partial charge in [0.05, 0.1) is 17.6 Å². The third kappa shape index (κ3) is 6.07. The lowest BCUT2D eigenvalue weighted by Gasteiger charge is -2.37. The SMILES string of the molecule is COCC1(CNC(=O)CCc2nc3c(C)cccc3[nH]2)CCNCC1.Cl.Cl. The maximum atomic E-state index is 12.3. The highest BCUT2D eigenvalue weighted by atomic mass is 35.5. The van der Waals surface area contributed by atoms with Crippen molar-refractivity contribution in [1.82, 2.24) is 20.6 Å². The van der Waals surface area contributed by atoms with Crippen LogP contribution in [0.25, 0.3) is 11.0 Å². The van der Waals surface area contributed by atoms with Gasteiger partial charge in [0.2, 0.25) is 5.91 Å². The van der Waals surface area contributed by atoms with E-state index in [9.17, 15) is 4.79 Å². The van der Waals surface area contributed by atoms with Gasteiger partial charge in [0, 0.05) is 31.9 Å². The van der Waals surface area contributed by atoms with Gasteiger partial charge in [0.15, 0.2) is 0 Å². The molecular formula is C19H30Cl2N4O2. The summed E-state index contributed by atoms with van der Waals surface area (Å²) in [6.45, 7) is 5.39. The number of aromatic nitrogens is 2. The second kappa shape index (κ2) is 10.9. The number of nitrogens with zero attached hydrogens (tertiary/aromatic N) is 1. The Bertz CT molecular complexity index is 724. The Morgan fingerprint density at radius 2 is 2.04 bits per heavy atom. The molecule has 2 aromatic rings. The number of ether oxygens (including phenoxy) is 1. The van der Waals surface area contributed by atoms with Crippen LogP contribution in [0.4, 0.5) is 0 Å². The summed E-state index contributed by atoms with van der Waals surface area (Å²) >= 11 is 0. The Balaban J connectivity index is 0.00000182. The molecule has 0 atom stereocenters. The highest BCUT2D eigenvalue weighted by molar-refractivity contribution is 5.85. The van der Waals surface area contributed by atoms with Crippen molar-refractivity contribution in [1.29, 1.82) is 0 Å². The van der Waals surface area contributed by atoms with Gasteiger partial charge in [-0.15, -0.1) is 24.8 Å². The van der Waals surface area contributed by atoms with Crippen LogP contribution in [-0.2, 0) is 16.0 Å². The van der Waals surface area contributed by atoms with Gasteiger partial charge >= 0.3 is 0 Å². The standard InChI is InChI=1S/C19H28N4O2.2ClH/c1-14-4-3-5-15-18(14)23-16(22-15)6-7-17(24)21-12-19(13-25-2)8-10-20-11-9-19;;/h3-5,20H,6-13H2,1-2H3,(H,21,24)(H,22,23);2*1H. The fourth-order valence-electron chi connectivity index (χ4n) is 3.59. The number of rotatable bonds is 7. The predicted octanol–water partition coefficient (Wildman–Crippen LogP) is 2.78. The third-order valence-corrected chi connectivity index (χ3v) is 5.13. The predicted molar refractivity (Wildman–Crippen MR) is 113 cm³/mol. The number of para-hydroxylation sites is 1. The summed E-state index contributed by atoms with van der Waals surface area (Å²) in [5, 5.41) is 6.47. The number of H-pyrrole nitrogens is 1. The molecule has 1 amide bonds. The Morgan fingerprint density at radius 3 is 2.70 bits per heavy atom. The lowest BCUT2D eigenvalue weighted by molar-refractivity contribution is -0.122. The molecule has 0 unspecified atom stereocenters. The number of nitrogens with one attached hydrogen (secondary N) is 3. The Labute approximate surface area is 173 Å². The van der Waals surface area contributed by atoms with Crippen molar-refractivity contribution in [2.24, 2.45) is 5.41 Å². The van der Waals surface area contributed by atoms with Gasteiger partial charge in [0.25, 0.3) is 0 Å². The summed E-state index contributed by atoms with van der Waals surface area (Å²) in [6.07, 6.45) is 3.13. The molecule has 0 radical (unpaired) electrons. The van der Waals surface area contributed by atoms with Crippen LogP contribution < -0.4 is 10.6 Å². The van der Waals surface area contributed by atoms with E-state index in [1.54, 1.807) is 7.11 Å². The van der Waals surface area contributed by atoms with Crippen molar-refractivity contribution in [3.63, 3.8) is 0 Å². The van der Waals surface area contributed by atoms with Gasteiger partial charge in [-0.3, -0.25) is 4.79 Å². The molecule has 0 aliphatic carbocycles. The Hall–Kier alpha value is -1.34. The molecule has 3 N–H and O–H groups in total. The molecule has 0 bridgehead atoms. The number of halogens is 2. The molecule has 3 rings (SSSR count). The molecule has 0 spiro atoms. The van der Waals surface area contributed by atoms with E-state index in [4.69, 9.17) is 4.74 Å². The molecular weight excluding hydrogens is 387 g/mol. The minimum atomic E-state index is 0. The van der Waals surface area contributed by atoms with E-state index in [0.717, 1.165) is 48.4 Å². The van der Waals surface area contributed by atoms with Crippen molar-refractivity contribution in [2.45, 2.75) is 32.6 Å². The van der Waals surface area contributed by atoms with E-state index in [-0.39, 0.29) is 36.1 Å². The van der Waals surface area contributed by atoms with Gasteiger partial charge < -0.3 is 20.4 Å². The largest absolute Gasteiger partial charge is 0.384 e. The number of imidazole rings is 1. The number of benzene rings is 1. The normalized spacial score (nSPS) is 15.6. The molecule has 1 aromatic carbocycles. The Morgan fingerprint density at radius 1 is 1.30 bits per heavy atom. The monoisotopic (exact) mass is 416 g/mol. The maximum Gasteiger partial charge on any atom is 0.220 e. The van der Waals surface area contributed by atoms with E-state index in [2.05, 4.69) is 20.6 Å². The lowest BCUT2D eigenvalue weighted by atomic mass is 9.79. The zero-order chi connectivity index (χ0) is 17.7. The van der Waals surface area contributed by atoms with E-state index in [1.165, 1.54) is 0 Å². The number of methoxy groups -OCH3 is 1. The van der Waals surface area contributed by atoms with Crippen molar-refractivity contribution in [2.75, 3.05) is 33.4 Å². The van der Waals surface area contributed by atoms with Gasteiger partial charge in [0.1, 0.15) is 5.82 Å². The quantitative estimate of drug-likeness (QED) is 0.648. The second-order valence-corrected chi connectivity index (χ2v) is 7.11. The van der Waals surface area contributed by atoms with Crippen molar-refractivity contribution in [3.8, 4) is 0 Å². The lowest BCUT2D eigenvalue weighted by Crippen LogP contribution is -2.47. The Kier molecular flexibility index (Phi) is 9.53. The topological polar surface area (TPSA) is 79.0 Å². The number of carbonyl (C=O) groups is 1. The number of hydrogen-bond acceptors (Lipinski definition) is 4. The van der Waals surface area contributed by atoms with Crippen LogP contribution in [0.2, 0.25) is 0 Å². The van der Waals surface area contributed by atoms with Crippen LogP contribution in [0.1, 0.15) is 30.7 Å². The first-order valence-electron chi connectivity index (χ1n) is 9.02. The second-order valence-electron chi connectivity index (χ2n) is 7.11. The number of carbonyl (C=O) groups excluding carboxylic acids is 1. The first-order chi connectivity index (χ1) is 12.1. The summed E-state index contributed by atoms with van der Waals surface area (Å²) in [4.78, 5) is 20.2. The fraction of sp³-hybridized carbons (Fsp3) is 0.579. The van der Waals surface area contributed by atoms with E-state index in [1.807, 2.05) is 25.1 Å². The molecule has 1 saturated heterocycles. The molecule has 6 nitrogen and oxygen atoms in total. The molecule has 152 valence electrons. The average Bonchev–Trinajstić information content (AvgIpc) is 3.04. The number of aryl methyl sites for hydroxylation is 2. The van der Waals surface area contributed by atoms with Gasteiger partial charge in [-0.25, -0.2) is 4.98 Å². The zero-order valence-electron chi connectivity index (χ0n) is 16.0. The first kappa shape index (κ1) is 23.7. The van der Waals surface area contributed by atoms with Crippen molar-refractivity contribution < 1.29 is 9.53 Å². The molecule has 0 saturated carbocycles. The minimum absolute atomic E-state index is 0. The molecule has 1 fully saturated rings. The van der Waals surface area contributed by atoms with Crippen molar-refractivity contribution in [3.05, 3.63) is 29.6 Å². The smallest absolute Gasteiger partial charge is 0.220 e. The molecule has 1 aliphatic rings. The summed E-state index contributed by atoms with van der Waals surface area (Å²) in [7, 11) is 1.73. The molecule has 1 aliphatic heterocycles. The number of piperidine rings is 1. The van der Waals surface area contributed by atoms with Gasteiger partial charge in [-0.1, -0.05) is 12.1 Å². The number of amides is 1. The molecule has 27 heavy (non-hydrogen) atoms.